The van der Waals surface area contributed by atoms with Crippen LogP contribution in [0, 0.1) is 5.41 Å². The van der Waals surface area contributed by atoms with Crippen LogP contribution in [0.4, 0.5) is 24.9 Å². The third-order valence-corrected chi connectivity index (χ3v) is 5.34. The molecule has 36 heavy (non-hydrogen) atoms. The molecule has 0 spiro atoms. The number of carbonyl (C=O) groups is 2. The summed E-state index contributed by atoms with van der Waals surface area (Å²) in [6.45, 7) is 4.19. The normalized spacial score (nSPS) is 15.5. The number of hydrogen-bond acceptors (Lipinski definition) is 6. The van der Waals surface area contributed by atoms with Crippen LogP contribution in [0.2, 0.25) is 0 Å². The highest BCUT2D eigenvalue weighted by atomic mass is 19.4. The molecule has 2 aromatic heterocycles. The molecule has 0 aliphatic rings. The largest absolute Gasteiger partial charge is 0.410 e. The highest BCUT2D eigenvalue weighted by molar-refractivity contribution is 6.03. The van der Waals surface area contributed by atoms with E-state index in [1.54, 1.807) is 13.0 Å². The van der Waals surface area contributed by atoms with Crippen LogP contribution in [0.25, 0.3) is 11.3 Å². The van der Waals surface area contributed by atoms with Crippen LogP contribution >= 0.6 is 0 Å². The van der Waals surface area contributed by atoms with Gasteiger partial charge in [-0.2, -0.15) is 18.3 Å². The van der Waals surface area contributed by atoms with E-state index in [1.165, 1.54) is 24.3 Å². The molecule has 2 atom stereocenters. The summed E-state index contributed by atoms with van der Waals surface area (Å²) in [4.78, 5) is 24.8. The smallest absolute Gasteiger partial charge is 0.383 e. The number of carbonyl (C=O) groups excluding carboxylic acids is 2. The van der Waals surface area contributed by atoms with Gasteiger partial charge in [0, 0.05) is 15.7 Å². The van der Waals surface area contributed by atoms with Gasteiger partial charge < -0.3 is 16.0 Å². The number of rotatable bonds is 7. The van der Waals surface area contributed by atoms with Crippen molar-refractivity contribution in [3.05, 3.63) is 47.2 Å². The Hall–Kier alpha value is -3.83. The molecule has 0 radical (unpaired) electrons. The van der Waals surface area contributed by atoms with Crippen molar-refractivity contribution in [2.75, 3.05) is 11.1 Å². The van der Waals surface area contributed by atoms with Crippen LogP contribution in [-0.2, 0) is 11.2 Å². The molecule has 5 N–H and O–H groups in total. The van der Waals surface area contributed by atoms with Crippen molar-refractivity contribution < 1.29 is 31.4 Å². The maximum absolute atomic E-state index is 13.6. The summed E-state index contributed by atoms with van der Waals surface area (Å²) in [5.41, 5.74) is 11.5. The molecule has 2 unspecified atom stereocenters. The van der Waals surface area contributed by atoms with Gasteiger partial charge in [-0.3, -0.25) is 14.9 Å². The highest BCUT2D eigenvalue weighted by Gasteiger charge is 2.40. The Kier molecular flexibility index (Phi) is 6.08. The van der Waals surface area contributed by atoms with Crippen molar-refractivity contribution in [3.63, 3.8) is 0 Å². The quantitative estimate of drug-likeness (QED) is 0.422. The molecule has 0 fully saturated rings. The number of nitrogen functional groups attached to an aromatic ring is 1. The second-order valence-corrected chi connectivity index (χ2v) is 9.61. The molecule has 0 bridgehead atoms. The average Bonchev–Trinajstić information content (AvgIpc) is 3.34. The zero-order valence-corrected chi connectivity index (χ0v) is 20.1. The van der Waals surface area contributed by atoms with Crippen LogP contribution in [0.3, 0.4) is 0 Å². The van der Waals surface area contributed by atoms with Crippen molar-refractivity contribution in [2.24, 2.45) is 11.1 Å². The van der Waals surface area contributed by atoms with Gasteiger partial charge in [0.05, 0.1) is 11.6 Å². The summed E-state index contributed by atoms with van der Waals surface area (Å²) in [6.07, 6.45) is -4.60. The van der Waals surface area contributed by atoms with Gasteiger partial charge in [-0.1, -0.05) is 50.2 Å². The molecule has 2 heterocycles. The van der Waals surface area contributed by atoms with Crippen LogP contribution in [-0.4, -0.2) is 32.9 Å². The van der Waals surface area contributed by atoms with Crippen molar-refractivity contribution in [3.8, 4) is 11.3 Å². The number of nitrogens with zero attached hydrogens (tertiary/aromatic N) is 3. The lowest BCUT2D eigenvalue weighted by molar-refractivity contribution is -0.164. The van der Waals surface area contributed by atoms with Gasteiger partial charge in [0.25, 0.3) is 5.91 Å². The summed E-state index contributed by atoms with van der Waals surface area (Å²) in [7, 11) is 0. The lowest BCUT2D eigenvalue weighted by Crippen LogP contribution is -2.26. The van der Waals surface area contributed by atoms with Crippen molar-refractivity contribution in [1.82, 2.24) is 14.9 Å². The van der Waals surface area contributed by atoms with Gasteiger partial charge in [0.2, 0.25) is 11.8 Å². The average molecular weight is 510 g/mol. The number of hydrogen-bond donors (Lipinski definition) is 3. The van der Waals surface area contributed by atoms with E-state index in [4.69, 9.17) is 20.1 Å². The molecule has 0 saturated carbocycles. The number of benzene rings is 1. The molecular formula is C24H29F3N6O3. The van der Waals surface area contributed by atoms with Gasteiger partial charge in [-0.15, -0.1) is 0 Å². The number of anilines is 2. The number of nitrogens with one attached hydrogen (secondary N) is 1. The van der Waals surface area contributed by atoms with Gasteiger partial charge in [0.15, 0.2) is 0 Å². The first kappa shape index (κ1) is 22.6. The Balaban J connectivity index is 1.88. The summed E-state index contributed by atoms with van der Waals surface area (Å²) in [6, 6.07) is 4.38. The second kappa shape index (κ2) is 9.67. The number of aromatic nitrogens is 3. The minimum atomic E-state index is -5.25. The van der Waals surface area contributed by atoms with Crippen LogP contribution < -0.4 is 16.8 Å². The summed E-state index contributed by atoms with van der Waals surface area (Å²) >= 11 is 0. The van der Waals surface area contributed by atoms with Crippen molar-refractivity contribution >= 4 is 23.5 Å². The lowest BCUT2D eigenvalue weighted by atomic mass is 9.91. The SMILES string of the molecule is [2H]C([2H])([2H])C(n1nc(-c2ccc(C(C)C(=O)Nc3cc(CC(C)(C)C)no3)cc2)c(C(N)=O)c1N)C(F)(F)F. The zero-order valence-electron chi connectivity index (χ0n) is 23.1. The summed E-state index contributed by atoms with van der Waals surface area (Å²) in [5, 5.41) is 10.3. The molecule has 1 aromatic carbocycles. The summed E-state index contributed by atoms with van der Waals surface area (Å²) in [5.74, 6) is -2.92. The van der Waals surface area contributed by atoms with Crippen molar-refractivity contribution in [1.29, 1.82) is 0 Å². The third-order valence-electron chi connectivity index (χ3n) is 5.34. The fraction of sp³-hybridized carbons (Fsp3) is 0.417. The molecule has 3 aromatic rings. The second-order valence-electron chi connectivity index (χ2n) is 9.61. The molecule has 0 aliphatic heterocycles. The highest BCUT2D eigenvalue weighted by Crippen LogP contribution is 2.36. The van der Waals surface area contributed by atoms with E-state index >= 15 is 0 Å². The molecule has 0 saturated heterocycles. The van der Waals surface area contributed by atoms with E-state index < -0.39 is 48.2 Å². The van der Waals surface area contributed by atoms with E-state index in [9.17, 15) is 22.8 Å². The topological polar surface area (TPSA) is 142 Å². The predicted octanol–water partition coefficient (Wildman–Crippen LogP) is 4.67. The van der Waals surface area contributed by atoms with Gasteiger partial charge in [0.1, 0.15) is 23.1 Å². The van der Waals surface area contributed by atoms with E-state index in [1.807, 2.05) is 20.8 Å². The van der Waals surface area contributed by atoms with Gasteiger partial charge in [-0.25, -0.2) is 4.68 Å². The number of nitrogens with two attached hydrogens (primary N) is 2. The number of amides is 2. The molecule has 3 rings (SSSR count). The van der Waals surface area contributed by atoms with Crippen LogP contribution in [0.1, 0.15) is 72.2 Å². The molecular weight excluding hydrogens is 477 g/mol. The zero-order chi connectivity index (χ0) is 29.5. The van der Waals surface area contributed by atoms with Crippen molar-refractivity contribution in [2.45, 2.75) is 59.1 Å². The minimum absolute atomic E-state index is 0.0253. The molecule has 194 valence electrons. The number of halogens is 3. The van der Waals surface area contributed by atoms with Gasteiger partial charge >= 0.3 is 6.18 Å². The Morgan fingerprint density at radius 2 is 1.86 bits per heavy atom. The Morgan fingerprint density at radius 1 is 1.22 bits per heavy atom. The van der Waals surface area contributed by atoms with Gasteiger partial charge in [-0.05, 0) is 31.2 Å². The molecule has 12 heteroatoms. The third kappa shape index (κ3) is 5.86. The molecule has 2 amide bonds. The maximum Gasteiger partial charge on any atom is 0.410 e. The summed E-state index contributed by atoms with van der Waals surface area (Å²) < 4.78 is 68.2. The first-order valence-corrected chi connectivity index (χ1v) is 10.9. The fourth-order valence-electron chi connectivity index (χ4n) is 3.54. The fourth-order valence-corrected chi connectivity index (χ4v) is 3.54. The lowest BCUT2D eigenvalue weighted by Gasteiger charge is -2.17. The van der Waals surface area contributed by atoms with E-state index in [0.29, 0.717) is 17.7 Å². The standard InChI is InChI=1S/C24H29F3N6O3/c1-12(22(35)30-17-10-16(32-36-17)11-23(3,4)5)14-6-8-15(9-7-14)19-18(21(29)34)20(28)33(31-19)13(2)24(25,26)27/h6-10,12-13H,11,28H2,1-5H3,(H2,29,34)(H,30,35)/i2D3. The first-order valence-electron chi connectivity index (χ1n) is 12.4. The minimum Gasteiger partial charge on any atom is -0.383 e. The Labute approximate surface area is 210 Å². The van der Waals surface area contributed by atoms with E-state index in [0.717, 1.165) is 0 Å². The van der Waals surface area contributed by atoms with E-state index in [-0.39, 0.29) is 27.2 Å². The van der Waals surface area contributed by atoms with Crippen LogP contribution in [0.15, 0.2) is 34.9 Å². The first-order chi connectivity index (χ1) is 17.8. The van der Waals surface area contributed by atoms with Crippen LogP contribution in [0.5, 0.6) is 0 Å². The number of alkyl halides is 3. The monoisotopic (exact) mass is 509 g/mol. The predicted molar refractivity (Wildman–Crippen MR) is 128 cm³/mol. The Bertz CT molecular complexity index is 1340. The Morgan fingerprint density at radius 3 is 2.39 bits per heavy atom. The number of primary amides is 1. The molecule has 9 nitrogen and oxygen atoms in total. The van der Waals surface area contributed by atoms with E-state index in [2.05, 4.69) is 15.6 Å². The molecule has 0 aliphatic carbocycles. The maximum atomic E-state index is 13.6.